The molecule has 1 N–H and O–H groups in total. The highest BCUT2D eigenvalue weighted by molar-refractivity contribution is 6.42. The molecule has 2 aromatic rings. The number of nitrogens with one attached hydrogen (secondary N) is 1. The van der Waals surface area contributed by atoms with Crippen LogP contribution in [0.25, 0.3) is 0 Å². The van der Waals surface area contributed by atoms with Gasteiger partial charge in [0.15, 0.2) is 0 Å². The third-order valence-corrected chi connectivity index (χ3v) is 3.31. The molecule has 0 bridgehead atoms. The number of halogens is 3. The lowest BCUT2D eigenvalue weighted by Crippen LogP contribution is -2.03. The van der Waals surface area contributed by atoms with Crippen LogP contribution in [-0.4, -0.2) is 17.1 Å². The number of hydrogen-bond donors (Lipinski definition) is 1. The lowest BCUT2D eigenvalue weighted by molar-refractivity contribution is 0.397. The maximum absolute atomic E-state index is 6.01. The Morgan fingerprint density at radius 3 is 2.63 bits per heavy atom. The minimum Gasteiger partial charge on any atom is -0.481 e. The van der Waals surface area contributed by atoms with Gasteiger partial charge in [-0.25, -0.2) is 9.97 Å². The van der Waals surface area contributed by atoms with E-state index in [9.17, 15) is 0 Å². The highest BCUT2D eigenvalue weighted by Crippen LogP contribution is 2.29. The minimum atomic E-state index is 0.210. The van der Waals surface area contributed by atoms with Gasteiger partial charge >= 0.3 is 0 Å². The summed E-state index contributed by atoms with van der Waals surface area (Å²) in [6, 6.07) is 5.22. The second-order valence-corrected chi connectivity index (χ2v) is 4.83. The molecule has 0 aromatic carbocycles. The summed E-state index contributed by atoms with van der Waals surface area (Å²) in [5, 5.41) is 4.01. The Morgan fingerprint density at radius 2 is 2.00 bits per heavy atom. The summed E-state index contributed by atoms with van der Waals surface area (Å²) in [6.45, 7) is 0.516. The maximum atomic E-state index is 6.01. The van der Waals surface area contributed by atoms with Crippen LogP contribution in [0.4, 0.5) is 5.82 Å². The van der Waals surface area contributed by atoms with Crippen LogP contribution in [0, 0.1) is 0 Å². The van der Waals surface area contributed by atoms with Crippen molar-refractivity contribution in [2.24, 2.45) is 0 Å². The molecule has 2 heterocycles. The second kappa shape index (κ2) is 6.28. The van der Waals surface area contributed by atoms with Crippen LogP contribution in [0.15, 0.2) is 24.4 Å². The number of nitrogens with zero attached hydrogens (tertiary/aromatic N) is 2. The summed E-state index contributed by atoms with van der Waals surface area (Å²) in [4.78, 5) is 8.17. The fraction of sp³-hybridized carbons (Fsp3) is 0.167. The molecular formula is C12H10Cl3N3O. The van der Waals surface area contributed by atoms with Gasteiger partial charge in [0.1, 0.15) is 11.0 Å². The van der Waals surface area contributed by atoms with E-state index in [0.29, 0.717) is 28.3 Å². The Balaban J connectivity index is 2.07. The van der Waals surface area contributed by atoms with Crippen molar-refractivity contribution in [2.75, 3.05) is 12.4 Å². The Hall–Kier alpha value is -1.23. The van der Waals surface area contributed by atoms with E-state index >= 15 is 0 Å². The zero-order chi connectivity index (χ0) is 13.8. The van der Waals surface area contributed by atoms with Gasteiger partial charge in [0.25, 0.3) is 0 Å². The summed E-state index contributed by atoms with van der Waals surface area (Å²) >= 11 is 17.7. The second-order valence-electron chi connectivity index (χ2n) is 3.65. The van der Waals surface area contributed by atoms with Crippen molar-refractivity contribution in [3.05, 3.63) is 45.2 Å². The molecular weight excluding hydrogens is 309 g/mol. The zero-order valence-electron chi connectivity index (χ0n) is 9.95. The molecule has 0 spiro atoms. The van der Waals surface area contributed by atoms with Gasteiger partial charge in [0.2, 0.25) is 5.88 Å². The van der Waals surface area contributed by atoms with Gasteiger partial charge in [0, 0.05) is 18.8 Å². The third-order valence-electron chi connectivity index (χ3n) is 2.35. The summed E-state index contributed by atoms with van der Waals surface area (Å²) < 4.78 is 4.98. The van der Waals surface area contributed by atoms with Gasteiger partial charge in [-0.2, -0.15) is 0 Å². The summed E-state index contributed by atoms with van der Waals surface area (Å²) in [5.74, 6) is 1.04. The fourth-order valence-corrected chi connectivity index (χ4v) is 1.95. The molecule has 2 rings (SSSR count). The first-order valence-electron chi connectivity index (χ1n) is 5.34. The first kappa shape index (κ1) is 14.2. The molecule has 2 aromatic heterocycles. The molecule has 4 nitrogen and oxygen atoms in total. The first-order chi connectivity index (χ1) is 9.10. The number of hydrogen-bond acceptors (Lipinski definition) is 4. The fourth-order valence-electron chi connectivity index (χ4n) is 1.39. The van der Waals surface area contributed by atoms with Gasteiger partial charge in [-0.1, -0.05) is 40.9 Å². The van der Waals surface area contributed by atoms with Crippen molar-refractivity contribution in [2.45, 2.75) is 6.54 Å². The highest BCUT2D eigenvalue weighted by Gasteiger charge is 2.07. The number of methoxy groups -OCH3 is 1. The minimum absolute atomic E-state index is 0.210. The molecule has 0 radical (unpaired) electrons. The molecule has 0 aliphatic heterocycles. The van der Waals surface area contributed by atoms with Gasteiger partial charge in [-0.05, 0) is 11.6 Å². The van der Waals surface area contributed by atoms with Crippen LogP contribution >= 0.6 is 34.8 Å². The molecule has 19 heavy (non-hydrogen) atoms. The molecule has 7 heteroatoms. The lowest BCUT2D eigenvalue weighted by Gasteiger charge is -2.08. The highest BCUT2D eigenvalue weighted by atomic mass is 35.5. The van der Waals surface area contributed by atoms with Gasteiger partial charge in [-0.3, -0.25) is 0 Å². The molecule has 0 atom stereocenters. The standard InChI is InChI=1S/C12H10Cl3N3O/c1-19-10-3-2-7(5-16-10)6-17-12-9(14)4-8(13)11(15)18-12/h2-5H,6H2,1H3,(H,17,18). The van der Waals surface area contributed by atoms with Crippen molar-refractivity contribution in [1.82, 2.24) is 9.97 Å². The number of anilines is 1. The number of ether oxygens (including phenoxy) is 1. The monoisotopic (exact) mass is 317 g/mol. The lowest BCUT2D eigenvalue weighted by atomic mass is 10.3. The Morgan fingerprint density at radius 1 is 1.21 bits per heavy atom. The Kier molecular flexibility index (Phi) is 4.69. The number of rotatable bonds is 4. The van der Waals surface area contributed by atoms with Crippen LogP contribution in [0.2, 0.25) is 15.2 Å². The molecule has 0 aliphatic carbocycles. The SMILES string of the molecule is COc1ccc(CNc2nc(Cl)c(Cl)cc2Cl)cn1. The molecule has 0 aliphatic rings. The van der Waals surface area contributed by atoms with Crippen LogP contribution in [-0.2, 0) is 6.54 Å². The van der Waals surface area contributed by atoms with E-state index in [-0.39, 0.29) is 5.15 Å². The summed E-state index contributed by atoms with van der Waals surface area (Å²) in [6.07, 6.45) is 1.71. The average Bonchev–Trinajstić information content (AvgIpc) is 2.42. The topological polar surface area (TPSA) is 47.0 Å². The molecule has 0 saturated heterocycles. The molecule has 0 fully saturated rings. The van der Waals surface area contributed by atoms with Gasteiger partial charge in [0.05, 0.1) is 17.2 Å². The van der Waals surface area contributed by atoms with Crippen molar-refractivity contribution >= 4 is 40.6 Å². The number of pyridine rings is 2. The van der Waals surface area contributed by atoms with Crippen molar-refractivity contribution in [1.29, 1.82) is 0 Å². The van der Waals surface area contributed by atoms with E-state index < -0.39 is 0 Å². The van der Waals surface area contributed by atoms with E-state index in [1.165, 1.54) is 0 Å². The Labute approximate surface area is 125 Å². The largest absolute Gasteiger partial charge is 0.481 e. The van der Waals surface area contributed by atoms with E-state index in [4.69, 9.17) is 39.5 Å². The third kappa shape index (κ3) is 3.62. The van der Waals surface area contributed by atoms with Crippen molar-refractivity contribution < 1.29 is 4.74 Å². The van der Waals surface area contributed by atoms with Crippen molar-refractivity contribution in [3.63, 3.8) is 0 Å². The van der Waals surface area contributed by atoms with E-state index in [0.717, 1.165) is 5.56 Å². The molecule has 0 unspecified atom stereocenters. The van der Waals surface area contributed by atoms with Gasteiger partial charge < -0.3 is 10.1 Å². The average molecular weight is 319 g/mol. The molecule has 0 saturated carbocycles. The quantitative estimate of drug-likeness (QED) is 0.864. The zero-order valence-corrected chi connectivity index (χ0v) is 12.2. The van der Waals surface area contributed by atoms with E-state index in [1.807, 2.05) is 6.07 Å². The van der Waals surface area contributed by atoms with Crippen LogP contribution < -0.4 is 10.1 Å². The van der Waals surface area contributed by atoms with Crippen molar-refractivity contribution in [3.8, 4) is 5.88 Å². The van der Waals surface area contributed by atoms with Gasteiger partial charge in [-0.15, -0.1) is 0 Å². The summed E-state index contributed by atoms with van der Waals surface area (Å²) in [5.41, 5.74) is 0.963. The predicted molar refractivity (Wildman–Crippen MR) is 77.4 cm³/mol. The van der Waals surface area contributed by atoms with E-state index in [1.54, 1.807) is 25.4 Å². The van der Waals surface area contributed by atoms with Crippen LogP contribution in [0.3, 0.4) is 0 Å². The first-order valence-corrected chi connectivity index (χ1v) is 6.48. The predicted octanol–water partition coefficient (Wildman–Crippen LogP) is 4.06. The van der Waals surface area contributed by atoms with Crippen LogP contribution in [0.1, 0.15) is 5.56 Å². The maximum Gasteiger partial charge on any atom is 0.212 e. The normalized spacial score (nSPS) is 10.3. The smallest absolute Gasteiger partial charge is 0.212 e. The Bertz CT molecular complexity index is 575. The molecule has 0 amide bonds. The van der Waals surface area contributed by atoms with E-state index in [2.05, 4.69) is 15.3 Å². The number of aromatic nitrogens is 2. The van der Waals surface area contributed by atoms with Crippen LogP contribution in [0.5, 0.6) is 5.88 Å². The molecule has 100 valence electrons. The summed E-state index contributed by atoms with van der Waals surface area (Å²) in [7, 11) is 1.57.